The number of alkyl carbamates (subject to hydrolysis) is 1. The largest absolute Gasteiger partial charge is 0.465 e. The second-order valence-electron chi connectivity index (χ2n) is 18.8. The summed E-state index contributed by atoms with van der Waals surface area (Å²) >= 11 is 1.53. The number of hydrogen-bond donors (Lipinski definition) is 5. The molecule has 0 bridgehead atoms. The Hall–Kier alpha value is -7.20. The van der Waals surface area contributed by atoms with Gasteiger partial charge < -0.3 is 44.9 Å². The number of rotatable bonds is 20. The number of nitrogens with one attached hydrogen (secondary N) is 4. The molecule has 1 aliphatic rings. The highest BCUT2D eigenvalue weighted by Gasteiger charge is 2.38. The van der Waals surface area contributed by atoms with Crippen LogP contribution in [0.5, 0.6) is 5.75 Å². The molecule has 5 aromatic rings. The topological polar surface area (TPSA) is 202 Å². The maximum atomic E-state index is 16.7. The quantitative estimate of drug-likeness (QED) is 0.0373. The number of carbonyl (C=O) groups excluding carboxylic acids is 3. The highest BCUT2D eigenvalue weighted by atomic mass is 32.1. The van der Waals surface area contributed by atoms with Gasteiger partial charge in [-0.3, -0.25) is 9.59 Å². The van der Waals surface area contributed by atoms with Crippen LogP contribution in [0.2, 0.25) is 0 Å². The molecule has 6 rings (SSSR count). The number of anilines is 1. The number of aromatic nitrogens is 5. The van der Waals surface area contributed by atoms with Gasteiger partial charge in [0.25, 0.3) is 5.82 Å². The van der Waals surface area contributed by atoms with Gasteiger partial charge in [-0.25, -0.2) is 33.5 Å². The fourth-order valence-corrected chi connectivity index (χ4v) is 9.67. The van der Waals surface area contributed by atoms with Gasteiger partial charge in [-0.1, -0.05) is 55.0 Å². The summed E-state index contributed by atoms with van der Waals surface area (Å²) in [5, 5.41) is 15.4. The molecule has 4 amide bonds. The van der Waals surface area contributed by atoms with E-state index in [0.717, 1.165) is 38.8 Å². The van der Waals surface area contributed by atoms with Crippen LogP contribution < -0.4 is 24.8 Å². The zero-order valence-electron chi connectivity index (χ0n) is 42.2. The number of carbonyl (C=O) groups is 4. The predicted octanol–water partition coefficient (Wildman–Crippen LogP) is 8.33. The van der Waals surface area contributed by atoms with Crippen LogP contribution in [0, 0.1) is 42.8 Å². The Kier molecular flexibility index (Phi) is 17.3. The Balaban J connectivity index is 1.31. The molecule has 1 aliphatic heterocycles. The van der Waals surface area contributed by atoms with Crippen molar-refractivity contribution in [2.24, 2.45) is 24.8 Å². The van der Waals surface area contributed by atoms with E-state index in [9.17, 15) is 24.3 Å². The first-order valence-electron chi connectivity index (χ1n) is 23.8. The molecule has 19 heteroatoms. The summed E-state index contributed by atoms with van der Waals surface area (Å²) in [5.41, 5.74) is 4.75. The Morgan fingerprint density at radius 1 is 0.986 bits per heavy atom. The van der Waals surface area contributed by atoms with E-state index in [-0.39, 0.29) is 61.0 Å². The molecule has 0 radical (unpaired) electrons. The molecule has 4 heterocycles. The third-order valence-corrected chi connectivity index (χ3v) is 13.2. The summed E-state index contributed by atoms with van der Waals surface area (Å²) in [5.74, 6) is 2.70. The van der Waals surface area contributed by atoms with Crippen molar-refractivity contribution in [3.05, 3.63) is 94.0 Å². The van der Waals surface area contributed by atoms with Crippen LogP contribution in [-0.2, 0) is 40.9 Å². The first-order valence-corrected chi connectivity index (χ1v) is 24.6. The van der Waals surface area contributed by atoms with E-state index in [1.807, 2.05) is 68.6 Å². The van der Waals surface area contributed by atoms with Gasteiger partial charge in [0.15, 0.2) is 5.69 Å². The predicted molar refractivity (Wildman–Crippen MR) is 270 cm³/mol. The average molecular weight is 994 g/mol. The van der Waals surface area contributed by atoms with Crippen LogP contribution in [0.1, 0.15) is 100 Å². The molecule has 17 nitrogen and oxygen atoms in total. The lowest BCUT2D eigenvalue weighted by atomic mass is 10.00. The number of aromatic amines is 2. The SMILES string of the molecule is C#CCCN(Cc1[nH]c(-c2ccc(N3C(=C)c4c(F)cc(-c5cnc(CN(CCC)C(=O)C(NC(=O)OC)C(C)C)[nH]5)cc4OC3c3cnc(CC(C)C)s3)c(C)c2)c[n+]1C)C(=O)C(NC(=O)O)C(C)C. The molecule has 0 saturated carbocycles. The Morgan fingerprint density at radius 3 is 2.30 bits per heavy atom. The highest BCUT2D eigenvalue weighted by molar-refractivity contribution is 7.11. The fraction of sp³-hybridized carbons (Fsp3) is 0.442. The second kappa shape index (κ2) is 23.1. The molecule has 378 valence electrons. The van der Waals surface area contributed by atoms with Gasteiger partial charge in [-0.2, -0.15) is 0 Å². The van der Waals surface area contributed by atoms with Crippen LogP contribution in [0.4, 0.5) is 19.7 Å². The minimum atomic E-state index is -1.28. The number of halogens is 1. The summed E-state index contributed by atoms with van der Waals surface area (Å²) < 4.78 is 30.2. The average Bonchev–Trinajstić information content (AvgIpc) is 4.08. The number of methoxy groups -OCH3 is 1. The summed E-state index contributed by atoms with van der Waals surface area (Å²) in [6.45, 7) is 20.8. The molecule has 0 aliphatic carbocycles. The number of benzene rings is 2. The normalized spacial score (nSPS) is 14.2. The van der Waals surface area contributed by atoms with Gasteiger partial charge in [0.2, 0.25) is 18.0 Å². The molecule has 3 aromatic heterocycles. The van der Waals surface area contributed by atoms with E-state index in [2.05, 4.69) is 51.9 Å². The van der Waals surface area contributed by atoms with Crippen molar-refractivity contribution in [1.29, 1.82) is 0 Å². The summed E-state index contributed by atoms with van der Waals surface area (Å²) in [6, 6.07) is 7.31. The molecule has 5 N–H and O–H groups in total. The molecule has 2 aromatic carbocycles. The number of hydrogen-bond acceptors (Lipinski definition) is 10. The number of amides is 4. The van der Waals surface area contributed by atoms with Gasteiger partial charge in [0.05, 0.1) is 53.7 Å². The lowest BCUT2D eigenvalue weighted by Crippen LogP contribution is -2.51. The third-order valence-electron chi connectivity index (χ3n) is 12.2. The van der Waals surface area contributed by atoms with Gasteiger partial charge in [0.1, 0.15) is 42.2 Å². The molecule has 0 spiro atoms. The number of imidazole rings is 2. The van der Waals surface area contributed by atoms with E-state index in [1.165, 1.54) is 24.5 Å². The summed E-state index contributed by atoms with van der Waals surface area (Å²) in [6.07, 6.45) is 9.88. The van der Waals surface area contributed by atoms with Gasteiger partial charge in [0, 0.05) is 48.9 Å². The third kappa shape index (κ3) is 12.4. The number of carboxylic acid groups (broad SMARTS) is 1. The smallest absolute Gasteiger partial charge is 0.407 e. The van der Waals surface area contributed by atoms with Crippen LogP contribution in [-0.4, -0.2) is 91.1 Å². The highest BCUT2D eigenvalue weighted by Crippen LogP contribution is 2.48. The number of terminal acetylenes is 1. The zero-order valence-corrected chi connectivity index (χ0v) is 43.0. The minimum absolute atomic E-state index is 0.127. The number of ether oxygens (including phenoxy) is 2. The maximum Gasteiger partial charge on any atom is 0.407 e. The maximum absolute atomic E-state index is 16.7. The second-order valence-corrected chi connectivity index (χ2v) is 20.0. The van der Waals surface area contributed by atoms with Gasteiger partial charge >= 0.3 is 12.2 Å². The van der Waals surface area contributed by atoms with Crippen molar-refractivity contribution in [2.45, 2.75) is 106 Å². The molecule has 3 atom stereocenters. The fourth-order valence-electron chi connectivity index (χ4n) is 8.52. The van der Waals surface area contributed by atoms with Crippen molar-refractivity contribution in [3.63, 3.8) is 0 Å². The first-order chi connectivity index (χ1) is 33.7. The molecule has 0 fully saturated rings. The lowest BCUT2D eigenvalue weighted by Gasteiger charge is -2.40. The first kappa shape index (κ1) is 53.2. The van der Waals surface area contributed by atoms with Crippen LogP contribution in [0.25, 0.3) is 28.2 Å². The van der Waals surface area contributed by atoms with Crippen molar-refractivity contribution in [1.82, 2.24) is 40.4 Å². The zero-order chi connectivity index (χ0) is 51.8. The monoisotopic (exact) mass is 993 g/mol. The molecular weight excluding hydrogens is 928 g/mol. The lowest BCUT2D eigenvalue weighted by molar-refractivity contribution is -0.678. The van der Waals surface area contributed by atoms with Crippen LogP contribution >= 0.6 is 11.3 Å². The van der Waals surface area contributed by atoms with Gasteiger partial charge in [-0.15, -0.1) is 23.7 Å². The number of thiazole rings is 1. The number of nitrogens with zero attached hydrogens (tertiary/aromatic N) is 6. The van der Waals surface area contributed by atoms with E-state index in [4.69, 9.17) is 20.9 Å². The minimum Gasteiger partial charge on any atom is -0.465 e. The van der Waals surface area contributed by atoms with E-state index >= 15 is 4.39 Å². The van der Waals surface area contributed by atoms with E-state index in [1.54, 1.807) is 42.1 Å². The van der Waals surface area contributed by atoms with Crippen molar-refractivity contribution < 1.29 is 42.7 Å². The molecule has 0 saturated heterocycles. The summed E-state index contributed by atoms with van der Waals surface area (Å²) in [7, 11) is 3.11. The van der Waals surface area contributed by atoms with Crippen molar-refractivity contribution >= 4 is 46.7 Å². The Labute approximate surface area is 418 Å². The molecule has 71 heavy (non-hydrogen) atoms. The van der Waals surface area contributed by atoms with Gasteiger partial charge in [-0.05, 0) is 67.0 Å². The van der Waals surface area contributed by atoms with E-state index < -0.39 is 36.3 Å². The van der Waals surface area contributed by atoms with Crippen molar-refractivity contribution in [2.75, 3.05) is 25.1 Å². The number of aryl methyl sites for hydroxylation is 2. The summed E-state index contributed by atoms with van der Waals surface area (Å²) in [4.78, 5) is 73.1. The van der Waals surface area contributed by atoms with E-state index in [0.29, 0.717) is 47.5 Å². The van der Waals surface area contributed by atoms with Crippen molar-refractivity contribution in [3.8, 4) is 40.6 Å². The van der Waals surface area contributed by atoms with Crippen LogP contribution in [0.3, 0.4) is 0 Å². The molecule has 3 unspecified atom stereocenters. The Morgan fingerprint density at radius 2 is 1.68 bits per heavy atom. The number of H-pyrrole nitrogens is 2. The van der Waals surface area contributed by atoms with Crippen LogP contribution in [0.15, 0.2) is 55.5 Å². The Bertz CT molecular complexity index is 2790. The standard InChI is InChI=1S/C52H65FN10O7S/c1-13-15-19-62(48(64)46(30(5)6)58-51(66)67)28-43-57-38(26-60(43)11)34-16-17-39(32(9)21-34)63-33(10)45-36(53)22-35(23-40(45)70-50(63)41-25-55-44(71-41)20-29(3)4)37-24-54-42(56-37)27-61(18-14-2)49(65)47(31(7)8)59-52(68)69-12/h1,16-17,21-26,29-31,46-47,50,58H,10,14-15,18-20,27-28H2,2-9,11-12H3,(H3,54,56,59,66,67,68)/p+1. The molecular formula is C52H66FN10O7S+. The number of fused-ring (bicyclic) bond motifs is 1.